The Bertz CT molecular complexity index is 317. The van der Waals surface area contributed by atoms with E-state index in [1.165, 1.54) is 12.8 Å². The molecule has 4 nitrogen and oxygen atoms in total. The summed E-state index contributed by atoms with van der Waals surface area (Å²) >= 11 is 0. The van der Waals surface area contributed by atoms with Gasteiger partial charge < -0.3 is 15.0 Å². The largest absolute Gasteiger partial charge is 0.384 e. The quantitative estimate of drug-likeness (QED) is 0.793. The Labute approximate surface area is 84.1 Å². The van der Waals surface area contributed by atoms with Crippen LogP contribution in [0.3, 0.4) is 0 Å². The molecule has 78 valence electrons. The maximum atomic E-state index is 6.02. The van der Waals surface area contributed by atoms with Crippen molar-refractivity contribution in [3.8, 4) is 0 Å². The molecule has 1 fully saturated rings. The highest BCUT2D eigenvalue weighted by molar-refractivity contribution is 5.39. The van der Waals surface area contributed by atoms with Crippen LogP contribution in [0.25, 0.3) is 0 Å². The number of ether oxygens (including phenoxy) is 1. The molecule has 0 amide bonds. The van der Waals surface area contributed by atoms with E-state index in [2.05, 4.69) is 16.5 Å². The van der Waals surface area contributed by atoms with Gasteiger partial charge in [0.2, 0.25) is 0 Å². The molecule has 1 heterocycles. The standard InChI is InChI=1S/C10H17N3O/c1-7(5-14-2)9-10(11)13(6-12-9)8-3-4-8/h6-8H,3-5,11H2,1-2H3. The molecule has 1 aromatic rings. The predicted octanol–water partition coefficient (Wildman–Crippen LogP) is 1.55. The summed E-state index contributed by atoms with van der Waals surface area (Å²) in [6, 6.07) is 0.603. The van der Waals surface area contributed by atoms with E-state index in [-0.39, 0.29) is 5.92 Å². The minimum atomic E-state index is 0.278. The second kappa shape index (κ2) is 3.61. The minimum absolute atomic E-state index is 0.278. The molecule has 2 N–H and O–H groups in total. The van der Waals surface area contributed by atoms with Crippen molar-refractivity contribution in [1.82, 2.24) is 9.55 Å². The highest BCUT2D eigenvalue weighted by Gasteiger charge is 2.27. The van der Waals surface area contributed by atoms with Gasteiger partial charge in [-0.3, -0.25) is 0 Å². The second-order valence-corrected chi connectivity index (χ2v) is 4.01. The highest BCUT2D eigenvalue weighted by Crippen LogP contribution is 2.38. The number of rotatable bonds is 4. The van der Waals surface area contributed by atoms with Gasteiger partial charge in [-0.1, -0.05) is 6.92 Å². The number of hydrogen-bond acceptors (Lipinski definition) is 3. The van der Waals surface area contributed by atoms with E-state index in [1.807, 2.05) is 6.33 Å². The molecular weight excluding hydrogens is 178 g/mol. The first-order valence-corrected chi connectivity index (χ1v) is 5.05. The Morgan fingerprint density at radius 1 is 1.71 bits per heavy atom. The zero-order chi connectivity index (χ0) is 10.1. The molecule has 14 heavy (non-hydrogen) atoms. The number of nitrogen functional groups attached to an aromatic ring is 1. The zero-order valence-electron chi connectivity index (χ0n) is 8.73. The fourth-order valence-corrected chi connectivity index (χ4v) is 1.74. The van der Waals surface area contributed by atoms with Crippen molar-refractivity contribution in [2.45, 2.75) is 31.7 Å². The van der Waals surface area contributed by atoms with Gasteiger partial charge in [-0.25, -0.2) is 4.98 Å². The van der Waals surface area contributed by atoms with E-state index in [4.69, 9.17) is 10.5 Å². The first-order valence-electron chi connectivity index (χ1n) is 5.05. The van der Waals surface area contributed by atoms with Crippen molar-refractivity contribution in [3.63, 3.8) is 0 Å². The molecule has 0 bridgehead atoms. The number of imidazole rings is 1. The van der Waals surface area contributed by atoms with Crippen LogP contribution >= 0.6 is 0 Å². The third-order valence-corrected chi connectivity index (χ3v) is 2.69. The summed E-state index contributed by atoms with van der Waals surface area (Å²) in [5, 5.41) is 0. The third kappa shape index (κ3) is 1.62. The lowest BCUT2D eigenvalue weighted by atomic mass is 10.1. The molecule has 1 saturated carbocycles. The Hall–Kier alpha value is -1.03. The molecular formula is C10H17N3O. The Kier molecular flexibility index (Phi) is 2.46. The maximum absolute atomic E-state index is 6.02. The molecule has 2 rings (SSSR count). The van der Waals surface area contributed by atoms with Crippen molar-refractivity contribution >= 4 is 5.82 Å². The van der Waals surface area contributed by atoms with Crippen molar-refractivity contribution in [2.24, 2.45) is 0 Å². The average molecular weight is 195 g/mol. The number of nitrogens with zero attached hydrogens (tertiary/aromatic N) is 2. The van der Waals surface area contributed by atoms with E-state index in [1.54, 1.807) is 7.11 Å². The summed E-state index contributed by atoms with van der Waals surface area (Å²) in [5.74, 6) is 1.09. The lowest BCUT2D eigenvalue weighted by molar-refractivity contribution is 0.183. The molecule has 1 aromatic heterocycles. The van der Waals surface area contributed by atoms with Crippen molar-refractivity contribution in [3.05, 3.63) is 12.0 Å². The third-order valence-electron chi connectivity index (χ3n) is 2.69. The number of aromatic nitrogens is 2. The van der Waals surface area contributed by atoms with Crippen LogP contribution in [-0.2, 0) is 4.74 Å². The smallest absolute Gasteiger partial charge is 0.127 e. The Morgan fingerprint density at radius 2 is 2.43 bits per heavy atom. The van der Waals surface area contributed by atoms with E-state index in [9.17, 15) is 0 Å². The van der Waals surface area contributed by atoms with Gasteiger partial charge in [0.25, 0.3) is 0 Å². The summed E-state index contributed by atoms with van der Waals surface area (Å²) in [4.78, 5) is 4.35. The van der Waals surface area contributed by atoms with Crippen molar-refractivity contribution < 1.29 is 4.74 Å². The van der Waals surface area contributed by atoms with Crippen molar-refractivity contribution in [2.75, 3.05) is 19.5 Å². The Morgan fingerprint density at radius 3 is 3.00 bits per heavy atom. The summed E-state index contributed by atoms with van der Waals surface area (Å²) in [6.45, 7) is 2.76. The van der Waals surface area contributed by atoms with Crippen LogP contribution in [0.4, 0.5) is 5.82 Å². The molecule has 0 spiro atoms. The first-order chi connectivity index (χ1) is 6.74. The van der Waals surface area contributed by atoms with Gasteiger partial charge in [0.05, 0.1) is 18.6 Å². The second-order valence-electron chi connectivity index (χ2n) is 4.01. The topological polar surface area (TPSA) is 53.1 Å². The molecule has 1 aliphatic carbocycles. The highest BCUT2D eigenvalue weighted by atomic mass is 16.5. The molecule has 1 atom stereocenters. The van der Waals surface area contributed by atoms with E-state index in [0.29, 0.717) is 12.6 Å². The fourth-order valence-electron chi connectivity index (χ4n) is 1.74. The van der Waals surface area contributed by atoms with Gasteiger partial charge in [0, 0.05) is 19.1 Å². The number of methoxy groups -OCH3 is 1. The molecule has 0 aromatic carbocycles. The van der Waals surface area contributed by atoms with Gasteiger partial charge >= 0.3 is 0 Å². The maximum Gasteiger partial charge on any atom is 0.127 e. The molecule has 1 unspecified atom stereocenters. The molecule has 4 heteroatoms. The average Bonchev–Trinajstić information content (AvgIpc) is 2.91. The molecule has 0 aliphatic heterocycles. The number of anilines is 1. The predicted molar refractivity (Wildman–Crippen MR) is 55.2 cm³/mol. The lowest BCUT2D eigenvalue weighted by Crippen LogP contribution is -2.07. The van der Waals surface area contributed by atoms with Crippen LogP contribution in [0.1, 0.15) is 37.4 Å². The van der Waals surface area contributed by atoms with Crippen LogP contribution in [-0.4, -0.2) is 23.3 Å². The summed E-state index contributed by atoms with van der Waals surface area (Å²) in [5.41, 5.74) is 6.99. The van der Waals surface area contributed by atoms with E-state index < -0.39 is 0 Å². The number of nitrogens with two attached hydrogens (primary N) is 1. The summed E-state index contributed by atoms with van der Waals surface area (Å²) in [7, 11) is 1.70. The van der Waals surface area contributed by atoms with Gasteiger partial charge in [0.15, 0.2) is 0 Å². The lowest BCUT2D eigenvalue weighted by Gasteiger charge is -2.09. The van der Waals surface area contributed by atoms with Gasteiger partial charge in [-0.15, -0.1) is 0 Å². The van der Waals surface area contributed by atoms with Gasteiger partial charge in [0.1, 0.15) is 5.82 Å². The van der Waals surface area contributed by atoms with Crippen molar-refractivity contribution in [1.29, 1.82) is 0 Å². The zero-order valence-corrected chi connectivity index (χ0v) is 8.73. The summed E-state index contributed by atoms with van der Waals surface area (Å²) in [6.07, 6.45) is 4.33. The van der Waals surface area contributed by atoms with Crippen LogP contribution in [0.2, 0.25) is 0 Å². The van der Waals surface area contributed by atoms with Gasteiger partial charge in [-0.05, 0) is 12.8 Å². The fraction of sp³-hybridized carbons (Fsp3) is 0.700. The van der Waals surface area contributed by atoms with E-state index >= 15 is 0 Å². The number of hydrogen-bond donors (Lipinski definition) is 1. The van der Waals surface area contributed by atoms with Crippen LogP contribution in [0, 0.1) is 0 Å². The Balaban J connectivity index is 2.17. The van der Waals surface area contributed by atoms with Crippen LogP contribution in [0.15, 0.2) is 6.33 Å². The summed E-state index contributed by atoms with van der Waals surface area (Å²) < 4.78 is 7.18. The monoisotopic (exact) mass is 195 g/mol. The van der Waals surface area contributed by atoms with Crippen LogP contribution < -0.4 is 5.73 Å². The normalized spacial score (nSPS) is 18.4. The molecule has 0 radical (unpaired) electrons. The van der Waals surface area contributed by atoms with E-state index in [0.717, 1.165) is 11.5 Å². The van der Waals surface area contributed by atoms with Gasteiger partial charge in [-0.2, -0.15) is 0 Å². The van der Waals surface area contributed by atoms with Crippen LogP contribution in [0.5, 0.6) is 0 Å². The molecule has 0 saturated heterocycles. The minimum Gasteiger partial charge on any atom is -0.384 e. The molecule has 1 aliphatic rings. The first kappa shape index (κ1) is 9.52. The SMILES string of the molecule is COCC(C)c1ncn(C2CC2)c1N.